The number of rotatable bonds is 3. The molecule has 2 aromatic rings. The quantitative estimate of drug-likeness (QED) is 0.820. The van der Waals surface area contributed by atoms with Gasteiger partial charge >= 0.3 is 0 Å². The summed E-state index contributed by atoms with van der Waals surface area (Å²) in [7, 11) is 0. The molecular formula is C17H11ClFNO3S. The lowest BCUT2D eigenvalue weighted by Crippen LogP contribution is -2.28. The summed E-state index contributed by atoms with van der Waals surface area (Å²) in [5.74, 6) is -0.962. The standard InChI is InChI=1S/C17H11ClFNO3S/c18-13-2-1-3-14(19)12(13)9-20-16(22)15(24-17(20)23)8-10-4-6-11(21)7-5-10/h1-8,21H,9H2. The largest absolute Gasteiger partial charge is 0.508 e. The van der Waals surface area contributed by atoms with Crippen molar-refractivity contribution in [1.29, 1.82) is 0 Å². The van der Waals surface area contributed by atoms with Gasteiger partial charge in [-0.05, 0) is 47.7 Å². The van der Waals surface area contributed by atoms with Gasteiger partial charge in [-0.2, -0.15) is 0 Å². The molecular weight excluding hydrogens is 353 g/mol. The fourth-order valence-electron chi connectivity index (χ4n) is 2.20. The Labute approximate surface area is 146 Å². The van der Waals surface area contributed by atoms with Crippen molar-refractivity contribution in [2.75, 3.05) is 0 Å². The van der Waals surface area contributed by atoms with Gasteiger partial charge in [0.1, 0.15) is 11.6 Å². The third-order valence-corrected chi connectivity index (χ3v) is 4.70. The van der Waals surface area contributed by atoms with Crippen LogP contribution in [0.5, 0.6) is 5.75 Å². The van der Waals surface area contributed by atoms with Crippen LogP contribution in [0.4, 0.5) is 9.18 Å². The highest BCUT2D eigenvalue weighted by Gasteiger charge is 2.35. The summed E-state index contributed by atoms with van der Waals surface area (Å²) in [4.78, 5) is 25.7. The summed E-state index contributed by atoms with van der Waals surface area (Å²) in [6.45, 7) is -0.219. The number of carbonyl (C=O) groups is 2. The van der Waals surface area contributed by atoms with E-state index in [0.717, 1.165) is 16.7 Å². The zero-order chi connectivity index (χ0) is 17.3. The molecule has 0 radical (unpaired) electrons. The molecule has 2 amide bonds. The van der Waals surface area contributed by atoms with Crippen molar-refractivity contribution in [3.8, 4) is 5.75 Å². The number of nitrogens with zero attached hydrogens (tertiary/aromatic N) is 1. The van der Waals surface area contributed by atoms with Gasteiger partial charge in [-0.25, -0.2) is 4.39 Å². The lowest BCUT2D eigenvalue weighted by atomic mass is 10.2. The molecule has 1 aliphatic heterocycles. The molecule has 0 bridgehead atoms. The summed E-state index contributed by atoms with van der Waals surface area (Å²) in [6, 6.07) is 10.4. The number of carbonyl (C=O) groups excluding carboxylic acids is 2. The summed E-state index contributed by atoms with van der Waals surface area (Å²) >= 11 is 6.73. The van der Waals surface area contributed by atoms with Gasteiger partial charge in [0, 0.05) is 10.6 Å². The van der Waals surface area contributed by atoms with E-state index in [9.17, 15) is 19.1 Å². The molecule has 0 aliphatic carbocycles. The fourth-order valence-corrected chi connectivity index (χ4v) is 3.26. The Balaban J connectivity index is 1.85. The number of amides is 2. The van der Waals surface area contributed by atoms with E-state index in [4.69, 9.17) is 11.6 Å². The number of phenolic OH excluding ortho intramolecular Hbond substituents is 1. The summed E-state index contributed by atoms with van der Waals surface area (Å²) in [6.07, 6.45) is 1.55. The van der Waals surface area contributed by atoms with E-state index in [-0.39, 0.29) is 27.8 Å². The number of hydrogen-bond acceptors (Lipinski definition) is 4. The maximum atomic E-state index is 13.9. The van der Waals surface area contributed by atoms with E-state index >= 15 is 0 Å². The normalized spacial score (nSPS) is 16.2. The fraction of sp³-hybridized carbons (Fsp3) is 0.0588. The number of thioether (sulfide) groups is 1. The number of imide groups is 1. The number of phenols is 1. The molecule has 1 N–H and O–H groups in total. The average molecular weight is 364 g/mol. The molecule has 0 aromatic heterocycles. The molecule has 0 atom stereocenters. The molecule has 1 saturated heterocycles. The van der Waals surface area contributed by atoms with Gasteiger partial charge in [0.25, 0.3) is 11.1 Å². The topological polar surface area (TPSA) is 57.6 Å². The number of halogens is 2. The van der Waals surface area contributed by atoms with E-state index in [1.807, 2.05) is 0 Å². The lowest BCUT2D eigenvalue weighted by molar-refractivity contribution is -0.123. The van der Waals surface area contributed by atoms with Gasteiger partial charge in [-0.3, -0.25) is 14.5 Å². The van der Waals surface area contributed by atoms with E-state index in [1.165, 1.54) is 30.3 Å². The maximum Gasteiger partial charge on any atom is 0.293 e. The molecule has 122 valence electrons. The van der Waals surface area contributed by atoms with Crippen molar-refractivity contribution in [2.45, 2.75) is 6.54 Å². The van der Waals surface area contributed by atoms with Crippen LogP contribution in [0.2, 0.25) is 5.02 Å². The Bertz CT molecular complexity index is 831. The van der Waals surface area contributed by atoms with Crippen LogP contribution < -0.4 is 0 Å². The van der Waals surface area contributed by atoms with E-state index < -0.39 is 17.0 Å². The third kappa shape index (κ3) is 3.29. The van der Waals surface area contributed by atoms with Crippen LogP contribution in [0.3, 0.4) is 0 Å². The summed E-state index contributed by atoms with van der Waals surface area (Å²) in [5.41, 5.74) is 0.773. The maximum absolute atomic E-state index is 13.9. The highest BCUT2D eigenvalue weighted by atomic mass is 35.5. The third-order valence-electron chi connectivity index (χ3n) is 3.44. The predicted molar refractivity (Wildman–Crippen MR) is 91.0 cm³/mol. The zero-order valence-electron chi connectivity index (χ0n) is 12.2. The Morgan fingerprint density at radius 3 is 2.54 bits per heavy atom. The first kappa shape index (κ1) is 16.5. The zero-order valence-corrected chi connectivity index (χ0v) is 13.8. The van der Waals surface area contributed by atoms with E-state index in [1.54, 1.807) is 18.2 Å². The molecule has 0 saturated carbocycles. The first-order chi connectivity index (χ1) is 11.5. The number of hydrogen-bond donors (Lipinski definition) is 1. The molecule has 2 aromatic carbocycles. The molecule has 3 rings (SSSR count). The van der Waals surface area contributed by atoms with Crippen molar-refractivity contribution in [3.05, 3.63) is 69.3 Å². The second-order valence-electron chi connectivity index (χ2n) is 5.06. The van der Waals surface area contributed by atoms with Gasteiger partial charge in [0.15, 0.2) is 0 Å². The van der Waals surface area contributed by atoms with E-state index in [2.05, 4.69) is 0 Å². The Morgan fingerprint density at radius 2 is 1.88 bits per heavy atom. The first-order valence-corrected chi connectivity index (χ1v) is 8.12. The van der Waals surface area contributed by atoms with Gasteiger partial charge < -0.3 is 5.11 Å². The van der Waals surface area contributed by atoms with Crippen LogP contribution in [0.1, 0.15) is 11.1 Å². The molecule has 1 heterocycles. The lowest BCUT2D eigenvalue weighted by Gasteiger charge is -2.14. The molecule has 0 unspecified atom stereocenters. The molecule has 24 heavy (non-hydrogen) atoms. The number of benzene rings is 2. The van der Waals surface area contributed by atoms with Crippen LogP contribution in [0.25, 0.3) is 6.08 Å². The van der Waals surface area contributed by atoms with Gasteiger partial charge in [0.2, 0.25) is 0 Å². The minimum Gasteiger partial charge on any atom is -0.508 e. The van der Waals surface area contributed by atoms with Crippen molar-refractivity contribution in [3.63, 3.8) is 0 Å². The van der Waals surface area contributed by atoms with Gasteiger partial charge in [0.05, 0.1) is 11.4 Å². The van der Waals surface area contributed by atoms with Crippen LogP contribution in [-0.2, 0) is 11.3 Å². The van der Waals surface area contributed by atoms with Crippen molar-refractivity contribution in [2.24, 2.45) is 0 Å². The van der Waals surface area contributed by atoms with Gasteiger partial charge in [-0.15, -0.1) is 0 Å². The van der Waals surface area contributed by atoms with E-state index in [0.29, 0.717) is 5.56 Å². The molecule has 0 spiro atoms. The second-order valence-corrected chi connectivity index (χ2v) is 6.46. The Morgan fingerprint density at radius 1 is 1.17 bits per heavy atom. The summed E-state index contributed by atoms with van der Waals surface area (Å²) < 4.78 is 13.9. The van der Waals surface area contributed by atoms with Crippen LogP contribution >= 0.6 is 23.4 Å². The molecule has 1 fully saturated rings. The van der Waals surface area contributed by atoms with Crippen molar-refractivity contribution >= 4 is 40.6 Å². The van der Waals surface area contributed by atoms with Crippen LogP contribution in [0.15, 0.2) is 47.4 Å². The summed E-state index contributed by atoms with van der Waals surface area (Å²) in [5, 5.41) is 8.95. The highest BCUT2D eigenvalue weighted by molar-refractivity contribution is 8.18. The molecule has 1 aliphatic rings. The smallest absolute Gasteiger partial charge is 0.293 e. The van der Waals surface area contributed by atoms with Crippen molar-refractivity contribution in [1.82, 2.24) is 4.90 Å². The van der Waals surface area contributed by atoms with Crippen molar-refractivity contribution < 1.29 is 19.1 Å². The minimum atomic E-state index is -0.566. The van der Waals surface area contributed by atoms with Crippen LogP contribution in [-0.4, -0.2) is 21.2 Å². The first-order valence-electron chi connectivity index (χ1n) is 6.93. The van der Waals surface area contributed by atoms with Gasteiger partial charge in [-0.1, -0.05) is 29.8 Å². The monoisotopic (exact) mass is 363 g/mol. The minimum absolute atomic E-state index is 0.104. The SMILES string of the molecule is O=C1SC(=Cc2ccc(O)cc2)C(=O)N1Cc1c(F)cccc1Cl. The Kier molecular flexibility index (Phi) is 4.59. The molecule has 7 heteroatoms. The predicted octanol–water partition coefficient (Wildman–Crippen LogP) is 4.42. The molecule has 4 nitrogen and oxygen atoms in total. The Hall–Kier alpha value is -2.31. The van der Waals surface area contributed by atoms with Crippen LogP contribution in [0, 0.1) is 5.82 Å². The highest BCUT2D eigenvalue weighted by Crippen LogP contribution is 2.34. The number of aromatic hydroxyl groups is 1. The second kappa shape index (κ2) is 6.67. The average Bonchev–Trinajstić information content (AvgIpc) is 2.80.